The zero-order valence-electron chi connectivity index (χ0n) is 9.25. The molecule has 2 aliphatic heterocycles. The molecule has 0 aromatic heterocycles. The molecule has 84 valence electrons. The van der Waals surface area contributed by atoms with Crippen molar-refractivity contribution in [1.82, 2.24) is 5.32 Å². The summed E-state index contributed by atoms with van der Waals surface area (Å²) in [6.07, 6.45) is 2.94. The van der Waals surface area contributed by atoms with Crippen LogP contribution in [0, 0.1) is 0 Å². The maximum Gasteiger partial charge on any atom is 0.228 e. The molecule has 0 radical (unpaired) electrons. The first-order chi connectivity index (χ1) is 7.84. The summed E-state index contributed by atoms with van der Waals surface area (Å²) < 4.78 is 0. The number of carbonyl (C=O) groups is 1. The molecule has 0 spiro atoms. The lowest BCUT2D eigenvalue weighted by molar-refractivity contribution is -0.115. The number of carbonyl (C=O) groups excluding carboxylic acids is 1. The molecule has 1 fully saturated rings. The van der Waals surface area contributed by atoms with E-state index in [9.17, 15) is 4.79 Å². The van der Waals surface area contributed by atoms with Gasteiger partial charge in [-0.05, 0) is 49.0 Å². The van der Waals surface area contributed by atoms with Gasteiger partial charge in [-0.3, -0.25) is 4.79 Å². The molecule has 1 aromatic rings. The molecule has 3 nitrogen and oxygen atoms in total. The molecule has 0 unspecified atom stereocenters. The van der Waals surface area contributed by atoms with Crippen LogP contribution in [0.1, 0.15) is 29.9 Å². The van der Waals surface area contributed by atoms with Gasteiger partial charge in [-0.15, -0.1) is 0 Å². The Hall–Kier alpha value is -1.35. The van der Waals surface area contributed by atoms with E-state index in [2.05, 4.69) is 22.8 Å². The summed E-state index contributed by atoms with van der Waals surface area (Å²) in [4.78, 5) is 11.4. The average Bonchev–Trinajstić information content (AvgIpc) is 2.70. The maximum absolute atomic E-state index is 11.4. The van der Waals surface area contributed by atoms with Crippen molar-refractivity contribution in [2.24, 2.45) is 0 Å². The van der Waals surface area contributed by atoms with E-state index in [0.717, 1.165) is 18.8 Å². The van der Waals surface area contributed by atoms with E-state index >= 15 is 0 Å². The van der Waals surface area contributed by atoms with Crippen molar-refractivity contribution < 1.29 is 4.79 Å². The van der Waals surface area contributed by atoms with E-state index in [4.69, 9.17) is 0 Å². The molecule has 2 aliphatic rings. The molecule has 1 amide bonds. The Balaban J connectivity index is 1.95. The second kappa shape index (κ2) is 3.91. The predicted octanol–water partition coefficient (Wildman–Crippen LogP) is 1.65. The molecule has 0 aliphatic carbocycles. The summed E-state index contributed by atoms with van der Waals surface area (Å²) in [5.74, 6) is 0.764. The average molecular weight is 216 g/mol. The zero-order chi connectivity index (χ0) is 11.0. The van der Waals surface area contributed by atoms with Crippen LogP contribution >= 0.6 is 0 Å². The fourth-order valence-corrected chi connectivity index (χ4v) is 2.79. The van der Waals surface area contributed by atoms with Crippen molar-refractivity contribution in [1.29, 1.82) is 0 Å². The van der Waals surface area contributed by atoms with E-state index in [1.165, 1.54) is 24.0 Å². The molecule has 1 aromatic carbocycles. The van der Waals surface area contributed by atoms with Gasteiger partial charge >= 0.3 is 0 Å². The number of hydrogen-bond donors (Lipinski definition) is 2. The minimum absolute atomic E-state index is 0.136. The minimum atomic E-state index is 0.136. The highest BCUT2D eigenvalue weighted by Gasteiger charge is 2.25. The molecule has 0 bridgehead atoms. The van der Waals surface area contributed by atoms with Gasteiger partial charge in [0, 0.05) is 5.69 Å². The Morgan fingerprint density at radius 1 is 1.19 bits per heavy atom. The van der Waals surface area contributed by atoms with Gasteiger partial charge in [0.1, 0.15) is 0 Å². The number of anilines is 1. The molecule has 0 atom stereocenters. The van der Waals surface area contributed by atoms with Crippen LogP contribution in [-0.2, 0) is 11.2 Å². The molecular formula is C13H16N2O. The first-order valence-electron chi connectivity index (χ1n) is 5.97. The van der Waals surface area contributed by atoms with Crippen molar-refractivity contribution >= 4 is 11.6 Å². The van der Waals surface area contributed by atoms with E-state index < -0.39 is 0 Å². The third kappa shape index (κ3) is 1.61. The summed E-state index contributed by atoms with van der Waals surface area (Å²) in [6, 6.07) is 6.25. The number of hydrogen-bond acceptors (Lipinski definition) is 2. The second-order valence-corrected chi connectivity index (χ2v) is 4.62. The van der Waals surface area contributed by atoms with Gasteiger partial charge in [0.2, 0.25) is 5.91 Å². The van der Waals surface area contributed by atoms with Crippen LogP contribution < -0.4 is 10.6 Å². The lowest BCUT2D eigenvalue weighted by Crippen LogP contribution is -2.27. The smallest absolute Gasteiger partial charge is 0.228 e. The Morgan fingerprint density at radius 2 is 2.00 bits per heavy atom. The van der Waals surface area contributed by atoms with Crippen molar-refractivity contribution in [2.75, 3.05) is 18.4 Å². The monoisotopic (exact) mass is 216 g/mol. The molecule has 2 N–H and O–H groups in total. The normalized spacial score (nSPS) is 20.6. The Labute approximate surface area is 95.2 Å². The number of amides is 1. The van der Waals surface area contributed by atoms with Crippen LogP contribution in [0.5, 0.6) is 0 Å². The molecular weight excluding hydrogens is 200 g/mol. The minimum Gasteiger partial charge on any atom is -0.326 e. The highest BCUT2D eigenvalue weighted by Crippen LogP contribution is 2.34. The Bertz CT molecular complexity index is 422. The topological polar surface area (TPSA) is 41.1 Å². The lowest BCUT2D eigenvalue weighted by Gasteiger charge is -2.24. The van der Waals surface area contributed by atoms with Crippen LogP contribution in [0.3, 0.4) is 0 Å². The number of rotatable bonds is 1. The van der Waals surface area contributed by atoms with E-state index in [0.29, 0.717) is 12.3 Å². The van der Waals surface area contributed by atoms with Crippen LogP contribution in [0.15, 0.2) is 18.2 Å². The molecule has 3 rings (SSSR count). The van der Waals surface area contributed by atoms with Crippen molar-refractivity contribution in [3.63, 3.8) is 0 Å². The van der Waals surface area contributed by atoms with Crippen LogP contribution in [0.4, 0.5) is 5.69 Å². The van der Waals surface area contributed by atoms with Gasteiger partial charge in [-0.25, -0.2) is 0 Å². The summed E-state index contributed by atoms with van der Waals surface area (Å²) in [7, 11) is 0. The maximum atomic E-state index is 11.4. The first kappa shape index (κ1) is 9.85. The number of benzene rings is 1. The molecule has 2 heterocycles. The van der Waals surface area contributed by atoms with Gasteiger partial charge < -0.3 is 10.6 Å². The quantitative estimate of drug-likeness (QED) is 0.749. The van der Waals surface area contributed by atoms with E-state index in [-0.39, 0.29) is 5.91 Å². The highest BCUT2D eigenvalue weighted by atomic mass is 16.1. The zero-order valence-corrected chi connectivity index (χ0v) is 9.25. The van der Waals surface area contributed by atoms with E-state index in [1.807, 2.05) is 6.07 Å². The highest BCUT2D eigenvalue weighted by molar-refractivity contribution is 5.99. The third-order valence-electron chi connectivity index (χ3n) is 3.60. The van der Waals surface area contributed by atoms with Crippen LogP contribution in [0.25, 0.3) is 0 Å². The summed E-state index contributed by atoms with van der Waals surface area (Å²) in [5.41, 5.74) is 3.65. The van der Waals surface area contributed by atoms with Gasteiger partial charge in [-0.1, -0.05) is 12.1 Å². The van der Waals surface area contributed by atoms with Gasteiger partial charge in [0.15, 0.2) is 0 Å². The molecule has 1 saturated heterocycles. The predicted molar refractivity (Wildman–Crippen MR) is 63.6 cm³/mol. The van der Waals surface area contributed by atoms with Gasteiger partial charge in [0.05, 0.1) is 6.42 Å². The second-order valence-electron chi connectivity index (χ2n) is 4.62. The number of nitrogens with one attached hydrogen (secondary N) is 2. The van der Waals surface area contributed by atoms with Crippen LogP contribution in [0.2, 0.25) is 0 Å². The fourth-order valence-electron chi connectivity index (χ4n) is 2.79. The van der Waals surface area contributed by atoms with Crippen molar-refractivity contribution in [2.45, 2.75) is 25.2 Å². The van der Waals surface area contributed by atoms with Crippen molar-refractivity contribution in [3.05, 3.63) is 29.3 Å². The number of piperidine rings is 1. The molecule has 16 heavy (non-hydrogen) atoms. The molecule has 3 heteroatoms. The fraction of sp³-hybridized carbons (Fsp3) is 0.462. The van der Waals surface area contributed by atoms with Gasteiger partial charge in [-0.2, -0.15) is 0 Å². The summed E-state index contributed by atoms with van der Waals surface area (Å²) in [6.45, 7) is 2.19. The molecule has 0 saturated carbocycles. The SMILES string of the molecule is O=C1Cc2c(cccc2C2CCNCC2)N1. The lowest BCUT2D eigenvalue weighted by atomic mass is 9.86. The number of fused-ring (bicyclic) bond motifs is 1. The summed E-state index contributed by atoms with van der Waals surface area (Å²) in [5, 5.41) is 6.30. The van der Waals surface area contributed by atoms with E-state index in [1.54, 1.807) is 0 Å². The standard InChI is InChI=1S/C13H16N2O/c16-13-8-11-10(2-1-3-12(11)15-13)9-4-6-14-7-5-9/h1-3,9,14H,4-8H2,(H,15,16). The third-order valence-corrected chi connectivity index (χ3v) is 3.60. The first-order valence-corrected chi connectivity index (χ1v) is 5.97. The largest absolute Gasteiger partial charge is 0.326 e. The Morgan fingerprint density at radius 3 is 2.81 bits per heavy atom. The van der Waals surface area contributed by atoms with Crippen LogP contribution in [-0.4, -0.2) is 19.0 Å². The van der Waals surface area contributed by atoms with Gasteiger partial charge in [0.25, 0.3) is 0 Å². The summed E-state index contributed by atoms with van der Waals surface area (Å²) >= 11 is 0. The Kier molecular flexibility index (Phi) is 2.40. The van der Waals surface area contributed by atoms with Crippen molar-refractivity contribution in [3.8, 4) is 0 Å².